The Bertz CT molecular complexity index is 538. The minimum Gasteiger partial charge on any atom is -0.366 e. The monoisotopic (exact) mass is 200 g/mol. The fourth-order valence-electron chi connectivity index (χ4n) is 1.68. The van der Waals surface area contributed by atoms with E-state index in [1.54, 1.807) is 6.08 Å². The van der Waals surface area contributed by atoms with Crippen LogP contribution in [-0.2, 0) is 4.79 Å². The largest absolute Gasteiger partial charge is 0.366 e. The zero-order chi connectivity index (χ0) is 10.8. The molecule has 0 bridgehead atoms. The maximum atomic E-state index is 10.7. The van der Waals surface area contributed by atoms with E-state index in [-0.39, 0.29) is 0 Å². The highest BCUT2D eigenvalue weighted by Crippen LogP contribution is 2.22. The molecule has 0 atom stereocenters. The number of nitrogens with one attached hydrogen (secondary N) is 1. The number of carbonyl (C=O) groups excluding carboxylic acids is 1. The van der Waals surface area contributed by atoms with Crippen LogP contribution in [-0.4, -0.2) is 10.9 Å². The Hall–Kier alpha value is -2.03. The Labute approximate surface area is 87.6 Å². The first-order valence-electron chi connectivity index (χ1n) is 4.73. The van der Waals surface area contributed by atoms with Gasteiger partial charge >= 0.3 is 0 Å². The number of primary amides is 1. The summed E-state index contributed by atoms with van der Waals surface area (Å²) in [5.74, 6) is -0.431. The van der Waals surface area contributed by atoms with E-state index >= 15 is 0 Å². The number of amides is 1. The van der Waals surface area contributed by atoms with Crippen LogP contribution in [0.2, 0.25) is 0 Å². The minimum absolute atomic E-state index is 0.431. The fourth-order valence-corrected chi connectivity index (χ4v) is 1.68. The smallest absolute Gasteiger partial charge is 0.241 e. The summed E-state index contributed by atoms with van der Waals surface area (Å²) in [5.41, 5.74) is 8.19. The van der Waals surface area contributed by atoms with Crippen LogP contribution in [0.5, 0.6) is 0 Å². The fraction of sp³-hybridized carbons (Fsp3) is 0.0833. The van der Waals surface area contributed by atoms with Crippen LogP contribution >= 0.6 is 0 Å². The van der Waals surface area contributed by atoms with Crippen LogP contribution in [0.15, 0.2) is 30.3 Å². The van der Waals surface area contributed by atoms with Gasteiger partial charge < -0.3 is 10.7 Å². The van der Waals surface area contributed by atoms with Crippen molar-refractivity contribution >= 4 is 22.9 Å². The number of aromatic nitrogens is 1. The second-order valence-electron chi connectivity index (χ2n) is 3.44. The second-order valence-corrected chi connectivity index (χ2v) is 3.44. The molecule has 0 aliphatic heterocycles. The van der Waals surface area contributed by atoms with Gasteiger partial charge in [-0.25, -0.2) is 0 Å². The molecule has 15 heavy (non-hydrogen) atoms. The molecule has 0 unspecified atom stereocenters. The predicted octanol–water partition coefficient (Wildman–Crippen LogP) is 1.97. The van der Waals surface area contributed by atoms with Gasteiger partial charge in [-0.05, 0) is 19.1 Å². The van der Waals surface area contributed by atoms with Crippen molar-refractivity contribution in [3.63, 3.8) is 0 Å². The topological polar surface area (TPSA) is 58.9 Å². The molecular weight excluding hydrogens is 188 g/mol. The quantitative estimate of drug-likeness (QED) is 0.715. The zero-order valence-corrected chi connectivity index (χ0v) is 8.45. The number of hydrogen-bond acceptors (Lipinski definition) is 1. The number of fused-ring (bicyclic) bond motifs is 1. The second kappa shape index (κ2) is 3.61. The molecule has 1 heterocycles. The van der Waals surface area contributed by atoms with Crippen LogP contribution < -0.4 is 5.73 Å². The van der Waals surface area contributed by atoms with Crippen LogP contribution in [0.3, 0.4) is 0 Å². The third-order valence-corrected chi connectivity index (χ3v) is 2.36. The average molecular weight is 200 g/mol. The summed E-state index contributed by atoms with van der Waals surface area (Å²) in [6, 6.07) is 7.96. The highest BCUT2D eigenvalue weighted by Gasteiger charge is 2.04. The number of benzene rings is 1. The SMILES string of the molecule is Cc1[nH]c2ccccc2c1C=CC(N)=O. The molecule has 3 nitrogen and oxygen atoms in total. The van der Waals surface area contributed by atoms with Crippen molar-refractivity contribution in [2.24, 2.45) is 5.73 Å². The van der Waals surface area contributed by atoms with Gasteiger partial charge in [-0.3, -0.25) is 4.79 Å². The first-order valence-corrected chi connectivity index (χ1v) is 4.73. The summed E-state index contributed by atoms with van der Waals surface area (Å²) in [6.45, 7) is 1.97. The molecule has 2 aromatic rings. The van der Waals surface area contributed by atoms with Gasteiger partial charge in [-0.15, -0.1) is 0 Å². The molecule has 0 aliphatic rings. The molecule has 2 rings (SSSR count). The van der Waals surface area contributed by atoms with E-state index in [0.717, 1.165) is 22.2 Å². The zero-order valence-electron chi connectivity index (χ0n) is 8.45. The van der Waals surface area contributed by atoms with Gasteiger partial charge in [0, 0.05) is 28.2 Å². The third-order valence-electron chi connectivity index (χ3n) is 2.36. The Kier molecular flexibility index (Phi) is 2.29. The number of H-pyrrole nitrogens is 1. The maximum Gasteiger partial charge on any atom is 0.241 e. The number of para-hydroxylation sites is 1. The van der Waals surface area contributed by atoms with Crippen molar-refractivity contribution in [2.45, 2.75) is 6.92 Å². The molecule has 1 aromatic heterocycles. The number of nitrogens with two attached hydrogens (primary N) is 1. The molecule has 0 saturated heterocycles. The lowest BCUT2D eigenvalue weighted by Gasteiger charge is -1.91. The lowest BCUT2D eigenvalue weighted by molar-refractivity contribution is -0.113. The molecule has 3 heteroatoms. The Balaban J connectivity index is 2.59. The van der Waals surface area contributed by atoms with Gasteiger partial charge in [0.25, 0.3) is 0 Å². The van der Waals surface area contributed by atoms with E-state index in [1.165, 1.54) is 6.08 Å². The molecule has 0 fully saturated rings. The van der Waals surface area contributed by atoms with E-state index in [0.29, 0.717) is 0 Å². The first-order chi connectivity index (χ1) is 7.18. The summed E-state index contributed by atoms with van der Waals surface area (Å²) < 4.78 is 0. The summed E-state index contributed by atoms with van der Waals surface area (Å²) in [7, 11) is 0. The van der Waals surface area contributed by atoms with Crippen molar-refractivity contribution < 1.29 is 4.79 Å². The number of aryl methyl sites for hydroxylation is 1. The average Bonchev–Trinajstić information content (AvgIpc) is 2.50. The van der Waals surface area contributed by atoms with Crippen molar-refractivity contribution in [1.82, 2.24) is 4.98 Å². The van der Waals surface area contributed by atoms with Gasteiger partial charge in [0.1, 0.15) is 0 Å². The molecule has 3 N–H and O–H groups in total. The van der Waals surface area contributed by atoms with E-state index in [1.807, 2.05) is 31.2 Å². The summed E-state index contributed by atoms with van der Waals surface area (Å²) in [6.07, 6.45) is 3.12. The summed E-state index contributed by atoms with van der Waals surface area (Å²) in [5, 5.41) is 1.10. The minimum atomic E-state index is -0.431. The van der Waals surface area contributed by atoms with Gasteiger partial charge in [0.15, 0.2) is 0 Å². The third kappa shape index (κ3) is 1.76. The van der Waals surface area contributed by atoms with E-state index in [9.17, 15) is 4.79 Å². The van der Waals surface area contributed by atoms with E-state index in [2.05, 4.69) is 4.98 Å². The number of rotatable bonds is 2. The lowest BCUT2D eigenvalue weighted by atomic mass is 10.1. The number of aromatic amines is 1. The van der Waals surface area contributed by atoms with Crippen LogP contribution in [0.4, 0.5) is 0 Å². The van der Waals surface area contributed by atoms with Gasteiger partial charge in [-0.1, -0.05) is 18.2 Å². The van der Waals surface area contributed by atoms with Crippen molar-refractivity contribution in [2.75, 3.05) is 0 Å². The van der Waals surface area contributed by atoms with Crippen molar-refractivity contribution in [3.05, 3.63) is 41.6 Å². The van der Waals surface area contributed by atoms with Gasteiger partial charge in [-0.2, -0.15) is 0 Å². The highest BCUT2D eigenvalue weighted by atomic mass is 16.1. The summed E-state index contributed by atoms with van der Waals surface area (Å²) >= 11 is 0. The standard InChI is InChI=1S/C12H12N2O/c1-8-9(6-7-12(13)15)10-4-2-3-5-11(10)14-8/h2-7,14H,1H3,(H2,13,15). The molecule has 0 saturated carbocycles. The van der Waals surface area contributed by atoms with Crippen LogP contribution in [0, 0.1) is 6.92 Å². The molecule has 0 radical (unpaired) electrons. The lowest BCUT2D eigenvalue weighted by Crippen LogP contribution is -2.05. The van der Waals surface area contributed by atoms with Crippen LogP contribution in [0.25, 0.3) is 17.0 Å². The molecule has 1 amide bonds. The molecular formula is C12H12N2O. The molecule has 76 valence electrons. The summed E-state index contributed by atoms with van der Waals surface area (Å²) in [4.78, 5) is 13.9. The maximum absolute atomic E-state index is 10.7. The number of carbonyl (C=O) groups is 1. The Morgan fingerprint density at radius 2 is 2.13 bits per heavy atom. The predicted molar refractivity (Wildman–Crippen MR) is 61.3 cm³/mol. The molecule has 0 spiro atoms. The van der Waals surface area contributed by atoms with E-state index in [4.69, 9.17) is 5.73 Å². The number of hydrogen-bond donors (Lipinski definition) is 2. The first kappa shape index (κ1) is 9.52. The normalized spacial score (nSPS) is 11.3. The molecule has 1 aromatic carbocycles. The van der Waals surface area contributed by atoms with Crippen LogP contribution in [0.1, 0.15) is 11.3 Å². The Morgan fingerprint density at radius 1 is 1.40 bits per heavy atom. The molecule has 0 aliphatic carbocycles. The van der Waals surface area contributed by atoms with E-state index < -0.39 is 5.91 Å². The Morgan fingerprint density at radius 3 is 2.87 bits per heavy atom. The van der Waals surface area contributed by atoms with Crippen molar-refractivity contribution in [1.29, 1.82) is 0 Å². The van der Waals surface area contributed by atoms with Crippen molar-refractivity contribution in [3.8, 4) is 0 Å². The van der Waals surface area contributed by atoms with Gasteiger partial charge in [0.2, 0.25) is 5.91 Å². The highest BCUT2D eigenvalue weighted by molar-refractivity contribution is 5.96. The van der Waals surface area contributed by atoms with Gasteiger partial charge in [0.05, 0.1) is 0 Å².